The zero-order chi connectivity index (χ0) is 15.2. The number of anilines is 1. The van der Waals surface area contributed by atoms with Gasteiger partial charge in [-0.2, -0.15) is 0 Å². The fraction of sp³-hybridized carbons (Fsp3) is 0.353. The molecule has 0 aliphatic carbocycles. The maximum Gasteiger partial charge on any atom is 0.129 e. The Hall–Kier alpha value is -1.94. The summed E-state index contributed by atoms with van der Waals surface area (Å²) in [5.74, 6) is 0.736. The summed E-state index contributed by atoms with van der Waals surface area (Å²) in [6.45, 7) is 3.92. The third-order valence-corrected chi connectivity index (χ3v) is 3.55. The van der Waals surface area contributed by atoms with Crippen LogP contribution >= 0.6 is 0 Å². The van der Waals surface area contributed by atoms with E-state index in [0.29, 0.717) is 0 Å². The highest BCUT2D eigenvalue weighted by Crippen LogP contribution is 2.25. The number of halogens is 1. The van der Waals surface area contributed by atoms with Gasteiger partial charge in [-0.15, -0.1) is 0 Å². The molecule has 0 fully saturated rings. The van der Waals surface area contributed by atoms with Crippen LogP contribution in [0.15, 0.2) is 48.7 Å². The van der Waals surface area contributed by atoms with Crippen molar-refractivity contribution in [2.24, 2.45) is 0 Å². The van der Waals surface area contributed by atoms with Gasteiger partial charge in [0, 0.05) is 19.3 Å². The number of hydrogen-bond acceptors (Lipinski definition) is 3. The van der Waals surface area contributed by atoms with E-state index >= 15 is 0 Å². The summed E-state index contributed by atoms with van der Waals surface area (Å²) >= 11 is 0. The number of pyridine rings is 1. The molecule has 1 aromatic heterocycles. The summed E-state index contributed by atoms with van der Waals surface area (Å²) in [5, 5.41) is 0. The van der Waals surface area contributed by atoms with E-state index in [-0.39, 0.29) is 11.9 Å². The van der Waals surface area contributed by atoms with Crippen LogP contribution in [-0.2, 0) is 0 Å². The van der Waals surface area contributed by atoms with Gasteiger partial charge in [-0.3, -0.25) is 0 Å². The van der Waals surface area contributed by atoms with Gasteiger partial charge in [0.15, 0.2) is 0 Å². The molecule has 3 nitrogen and oxygen atoms in total. The first-order valence-electron chi connectivity index (χ1n) is 7.16. The smallest absolute Gasteiger partial charge is 0.129 e. The highest BCUT2D eigenvalue weighted by Gasteiger charge is 2.17. The van der Waals surface area contributed by atoms with Gasteiger partial charge in [0.1, 0.15) is 11.6 Å². The van der Waals surface area contributed by atoms with Gasteiger partial charge in [-0.1, -0.05) is 18.2 Å². The molecule has 0 radical (unpaired) electrons. The van der Waals surface area contributed by atoms with Gasteiger partial charge in [-0.05, 0) is 50.8 Å². The minimum atomic E-state index is -0.205. The molecule has 112 valence electrons. The minimum absolute atomic E-state index is 0.139. The molecule has 1 aromatic carbocycles. The molecule has 21 heavy (non-hydrogen) atoms. The Morgan fingerprint density at radius 1 is 1.05 bits per heavy atom. The summed E-state index contributed by atoms with van der Waals surface area (Å²) < 4.78 is 13.1. The first-order valence-corrected chi connectivity index (χ1v) is 7.16. The van der Waals surface area contributed by atoms with Crippen LogP contribution in [0.3, 0.4) is 0 Å². The van der Waals surface area contributed by atoms with Crippen molar-refractivity contribution in [3.63, 3.8) is 0 Å². The molecule has 1 unspecified atom stereocenters. The Morgan fingerprint density at radius 2 is 1.76 bits per heavy atom. The Kier molecular flexibility index (Phi) is 5.28. The minimum Gasteiger partial charge on any atom is -0.349 e. The lowest BCUT2D eigenvalue weighted by atomic mass is 10.1. The fourth-order valence-corrected chi connectivity index (χ4v) is 2.26. The fourth-order valence-electron chi connectivity index (χ4n) is 2.26. The Morgan fingerprint density at radius 3 is 2.33 bits per heavy atom. The molecule has 1 atom stereocenters. The molecule has 0 bridgehead atoms. The quantitative estimate of drug-likeness (QED) is 0.812. The average molecular weight is 287 g/mol. The average Bonchev–Trinajstić information content (AvgIpc) is 2.49. The van der Waals surface area contributed by atoms with Crippen molar-refractivity contribution in [1.82, 2.24) is 9.88 Å². The lowest BCUT2D eigenvalue weighted by molar-refractivity contribution is 0.406. The number of rotatable bonds is 6. The lowest BCUT2D eigenvalue weighted by Gasteiger charge is -2.31. The van der Waals surface area contributed by atoms with Gasteiger partial charge in [0.05, 0.1) is 6.04 Å². The van der Waals surface area contributed by atoms with E-state index < -0.39 is 0 Å². The molecule has 2 rings (SSSR count). The molecule has 0 aliphatic rings. The van der Waals surface area contributed by atoms with Crippen LogP contribution in [0, 0.1) is 5.82 Å². The van der Waals surface area contributed by atoms with Crippen LogP contribution in [0.4, 0.5) is 10.2 Å². The van der Waals surface area contributed by atoms with Gasteiger partial charge >= 0.3 is 0 Å². The second-order valence-corrected chi connectivity index (χ2v) is 5.41. The van der Waals surface area contributed by atoms with Crippen molar-refractivity contribution in [3.05, 3.63) is 60.0 Å². The van der Waals surface area contributed by atoms with Gasteiger partial charge in [0.2, 0.25) is 0 Å². The highest BCUT2D eigenvalue weighted by atomic mass is 19.1. The Labute approximate surface area is 126 Å². The van der Waals surface area contributed by atoms with E-state index in [2.05, 4.69) is 35.8 Å². The standard InChI is InChI=1S/C17H22FN3/c1-14(15-7-9-16(18)10-8-15)21(13-12-20(2)3)17-6-4-5-11-19-17/h4-11,14H,12-13H2,1-3H3. The second kappa shape index (κ2) is 7.18. The van der Waals surface area contributed by atoms with Crippen molar-refractivity contribution < 1.29 is 4.39 Å². The summed E-state index contributed by atoms with van der Waals surface area (Å²) in [7, 11) is 4.11. The number of nitrogens with zero attached hydrogens (tertiary/aromatic N) is 3. The van der Waals surface area contributed by atoms with Crippen LogP contribution in [0.5, 0.6) is 0 Å². The van der Waals surface area contributed by atoms with Gasteiger partial charge < -0.3 is 9.80 Å². The van der Waals surface area contributed by atoms with Crippen LogP contribution in [0.1, 0.15) is 18.5 Å². The summed E-state index contributed by atoms with van der Waals surface area (Å²) in [6, 6.07) is 12.7. The molecule has 2 aromatic rings. The molecule has 4 heteroatoms. The van der Waals surface area contributed by atoms with E-state index in [4.69, 9.17) is 0 Å². The molecule has 1 heterocycles. The second-order valence-electron chi connectivity index (χ2n) is 5.41. The molecular weight excluding hydrogens is 265 g/mol. The number of hydrogen-bond donors (Lipinski definition) is 0. The first-order chi connectivity index (χ1) is 10.1. The lowest BCUT2D eigenvalue weighted by Crippen LogP contribution is -2.34. The third-order valence-electron chi connectivity index (χ3n) is 3.55. The Balaban J connectivity index is 2.23. The van der Waals surface area contributed by atoms with E-state index in [9.17, 15) is 4.39 Å². The Bertz CT molecular complexity index is 540. The number of aromatic nitrogens is 1. The zero-order valence-electron chi connectivity index (χ0n) is 12.8. The van der Waals surface area contributed by atoms with Crippen LogP contribution in [0.25, 0.3) is 0 Å². The summed E-state index contributed by atoms with van der Waals surface area (Å²) in [6.07, 6.45) is 1.80. The number of likely N-dealkylation sites (N-methyl/N-ethyl adjacent to an activating group) is 1. The van der Waals surface area contributed by atoms with E-state index in [0.717, 1.165) is 24.5 Å². The maximum absolute atomic E-state index is 13.1. The predicted molar refractivity (Wildman–Crippen MR) is 85.0 cm³/mol. The molecule has 0 spiro atoms. The van der Waals surface area contributed by atoms with E-state index in [1.807, 2.05) is 30.3 Å². The molecule has 0 saturated carbocycles. The van der Waals surface area contributed by atoms with Crippen LogP contribution in [0.2, 0.25) is 0 Å². The third kappa shape index (κ3) is 4.26. The molecule has 0 aliphatic heterocycles. The largest absolute Gasteiger partial charge is 0.349 e. The highest BCUT2D eigenvalue weighted by molar-refractivity contribution is 5.41. The van der Waals surface area contributed by atoms with E-state index in [1.54, 1.807) is 6.20 Å². The van der Waals surface area contributed by atoms with Gasteiger partial charge in [-0.25, -0.2) is 9.37 Å². The summed E-state index contributed by atoms with van der Waals surface area (Å²) in [5.41, 5.74) is 1.08. The van der Waals surface area contributed by atoms with Crippen LogP contribution < -0.4 is 4.90 Å². The first kappa shape index (κ1) is 15.4. The van der Waals surface area contributed by atoms with Crippen molar-refractivity contribution in [2.45, 2.75) is 13.0 Å². The SMILES string of the molecule is CC(c1ccc(F)cc1)N(CCN(C)C)c1ccccn1. The molecule has 0 saturated heterocycles. The predicted octanol–water partition coefficient (Wildman–Crippen LogP) is 3.35. The summed E-state index contributed by atoms with van der Waals surface area (Å²) in [4.78, 5) is 8.84. The number of benzene rings is 1. The van der Waals surface area contributed by atoms with Crippen LogP contribution in [-0.4, -0.2) is 37.1 Å². The molecular formula is C17H22FN3. The molecule has 0 amide bonds. The van der Waals surface area contributed by atoms with E-state index in [1.165, 1.54) is 12.1 Å². The monoisotopic (exact) mass is 287 g/mol. The maximum atomic E-state index is 13.1. The van der Waals surface area contributed by atoms with Crippen molar-refractivity contribution >= 4 is 5.82 Å². The topological polar surface area (TPSA) is 19.4 Å². The van der Waals surface area contributed by atoms with Crippen molar-refractivity contribution in [3.8, 4) is 0 Å². The van der Waals surface area contributed by atoms with Gasteiger partial charge in [0.25, 0.3) is 0 Å². The zero-order valence-corrected chi connectivity index (χ0v) is 12.8. The van der Waals surface area contributed by atoms with Crippen molar-refractivity contribution in [2.75, 3.05) is 32.1 Å². The molecule has 0 N–H and O–H groups in total. The van der Waals surface area contributed by atoms with Crippen molar-refractivity contribution in [1.29, 1.82) is 0 Å². The normalized spacial score (nSPS) is 12.4.